The number of nitrogens with zero attached hydrogens (tertiary/aromatic N) is 3. The zero-order valence-corrected chi connectivity index (χ0v) is 10.5. The maximum absolute atomic E-state index is 5.42. The van der Waals surface area contributed by atoms with Crippen molar-refractivity contribution in [2.75, 3.05) is 18.5 Å². The summed E-state index contributed by atoms with van der Waals surface area (Å²) in [5.41, 5.74) is 3.63. The third kappa shape index (κ3) is 2.90. The molecule has 0 spiro atoms. The fourth-order valence-corrected chi connectivity index (χ4v) is 2.60. The van der Waals surface area contributed by atoms with Crippen LogP contribution in [0.2, 0.25) is 0 Å². The fourth-order valence-electron chi connectivity index (χ4n) is 2.11. The Balaban J connectivity index is 1.93. The molecule has 0 aromatic carbocycles. The highest BCUT2D eigenvalue weighted by molar-refractivity contribution is 7.10. The molecule has 0 bridgehead atoms. The summed E-state index contributed by atoms with van der Waals surface area (Å²) < 4.78 is 3.92. The Morgan fingerprint density at radius 3 is 3.19 bits per heavy atom. The number of nitrogens with one attached hydrogen (secondary N) is 1. The van der Waals surface area contributed by atoms with Crippen LogP contribution in [0.5, 0.6) is 0 Å². The van der Waals surface area contributed by atoms with Crippen molar-refractivity contribution in [2.24, 2.45) is 11.8 Å². The van der Waals surface area contributed by atoms with Crippen LogP contribution in [0, 0.1) is 5.92 Å². The first-order valence-electron chi connectivity index (χ1n) is 5.80. The smallest absolute Gasteiger partial charge is 0.148 e. The average molecular weight is 241 g/mol. The Hall–Kier alpha value is -0.720. The Morgan fingerprint density at radius 1 is 1.50 bits per heavy atom. The molecule has 2 heterocycles. The molecule has 5 nitrogen and oxygen atoms in total. The van der Waals surface area contributed by atoms with Gasteiger partial charge in [-0.05, 0) is 38.3 Å². The van der Waals surface area contributed by atoms with Crippen LogP contribution < -0.4 is 11.3 Å². The SMILES string of the molecule is CC1CCCN(Cc2nnsc2NN)CC1. The molecule has 1 atom stereocenters. The minimum Gasteiger partial charge on any atom is -0.313 e. The van der Waals surface area contributed by atoms with Gasteiger partial charge in [0.15, 0.2) is 0 Å². The van der Waals surface area contributed by atoms with E-state index < -0.39 is 0 Å². The van der Waals surface area contributed by atoms with Crippen molar-refractivity contribution in [2.45, 2.75) is 32.7 Å². The highest BCUT2D eigenvalue weighted by atomic mass is 32.1. The fraction of sp³-hybridized carbons (Fsp3) is 0.800. The van der Waals surface area contributed by atoms with Crippen molar-refractivity contribution in [1.29, 1.82) is 0 Å². The predicted molar refractivity (Wildman–Crippen MR) is 66.0 cm³/mol. The second kappa shape index (κ2) is 5.56. The summed E-state index contributed by atoms with van der Waals surface area (Å²) in [7, 11) is 0. The Kier molecular flexibility index (Phi) is 4.09. The van der Waals surface area contributed by atoms with Gasteiger partial charge >= 0.3 is 0 Å². The molecular formula is C10H19N5S. The first-order valence-corrected chi connectivity index (χ1v) is 6.57. The molecule has 0 amide bonds. The zero-order chi connectivity index (χ0) is 11.4. The molecule has 1 saturated heterocycles. The molecule has 6 heteroatoms. The molecule has 1 aromatic rings. The van der Waals surface area contributed by atoms with Gasteiger partial charge in [-0.2, -0.15) is 0 Å². The average Bonchev–Trinajstić information content (AvgIpc) is 2.63. The topological polar surface area (TPSA) is 67.1 Å². The number of hydrogen-bond acceptors (Lipinski definition) is 6. The first-order chi connectivity index (χ1) is 7.79. The van der Waals surface area contributed by atoms with Gasteiger partial charge < -0.3 is 5.43 Å². The summed E-state index contributed by atoms with van der Waals surface area (Å²) in [6.45, 7) is 5.51. The Bertz CT molecular complexity index is 327. The van der Waals surface area contributed by atoms with Crippen LogP contribution in [0.25, 0.3) is 0 Å². The van der Waals surface area contributed by atoms with E-state index in [1.54, 1.807) is 0 Å². The number of aromatic nitrogens is 2. The van der Waals surface area contributed by atoms with Gasteiger partial charge in [0, 0.05) is 18.1 Å². The minimum atomic E-state index is 0.852. The number of likely N-dealkylation sites (tertiary alicyclic amines) is 1. The van der Waals surface area contributed by atoms with Gasteiger partial charge in [-0.1, -0.05) is 11.4 Å². The van der Waals surface area contributed by atoms with Gasteiger partial charge in [0.25, 0.3) is 0 Å². The second-order valence-corrected chi connectivity index (χ2v) is 5.26. The lowest BCUT2D eigenvalue weighted by Crippen LogP contribution is -2.25. The van der Waals surface area contributed by atoms with Crippen molar-refractivity contribution in [3.8, 4) is 0 Å². The molecule has 1 fully saturated rings. The molecule has 0 radical (unpaired) electrons. The van der Waals surface area contributed by atoms with E-state index in [-0.39, 0.29) is 0 Å². The summed E-state index contributed by atoms with van der Waals surface area (Å²) >= 11 is 1.32. The third-order valence-electron chi connectivity index (χ3n) is 3.17. The molecule has 1 unspecified atom stereocenters. The van der Waals surface area contributed by atoms with Gasteiger partial charge in [0.05, 0.1) is 0 Å². The van der Waals surface area contributed by atoms with Crippen LogP contribution in [0.3, 0.4) is 0 Å². The number of hydrogen-bond donors (Lipinski definition) is 2. The number of anilines is 1. The monoisotopic (exact) mass is 241 g/mol. The quantitative estimate of drug-likeness (QED) is 0.619. The maximum atomic E-state index is 5.42. The summed E-state index contributed by atoms with van der Waals surface area (Å²) in [6, 6.07) is 0. The standard InChI is InChI=1S/C10H19N5S/c1-8-3-2-5-15(6-4-8)7-9-10(12-11)16-14-13-9/h8,12H,2-7,11H2,1H3. The van der Waals surface area contributed by atoms with Crippen LogP contribution in [-0.2, 0) is 6.54 Å². The van der Waals surface area contributed by atoms with Crippen molar-refractivity contribution in [3.05, 3.63) is 5.69 Å². The summed E-state index contributed by atoms with van der Waals surface area (Å²) in [5, 5.41) is 5.00. The van der Waals surface area contributed by atoms with Crippen molar-refractivity contribution >= 4 is 16.5 Å². The molecule has 1 aromatic heterocycles. The van der Waals surface area contributed by atoms with Gasteiger partial charge in [-0.15, -0.1) is 5.10 Å². The van der Waals surface area contributed by atoms with E-state index in [4.69, 9.17) is 5.84 Å². The molecule has 16 heavy (non-hydrogen) atoms. The van der Waals surface area contributed by atoms with Crippen LogP contribution >= 0.6 is 11.5 Å². The molecule has 0 aliphatic carbocycles. The molecular weight excluding hydrogens is 222 g/mol. The van der Waals surface area contributed by atoms with Crippen LogP contribution in [0.15, 0.2) is 0 Å². The van der Waals surface area contributed by atoms with Crippen LogP contribution in [0.4, 0.5) is 5.00 Å². The summed E-state index contributed by atoms with van der Waals surface area (Å²) in [4.78, 5) is 2.45. The van der Waals surface area contributed by atoms with Crippen LogP contribution in [0.1, 0.15) is 31.9 Å². The van der Waals surface area contributed by atoms with E-state index in [2.05, 4.69) is 26.8 Å². The Morgan fingerprint density at radius 2 is 2.38 bits per heavy atom. The second-order valence-electron chi connectivity index (χ2n) is 4.51. The van der Waals surface area contributed by atoms with Gasteiger partial charge in [0.1, 0.15) is 10.7 Å². The lowest BCUT2D eigenvalue weighted by Gasteiger charge is -2.18. The van der Waals surface area contributed by atoms with Gasteiger partial charge in [0.2, 0.25) is 0 Å². The van der Waals surface area contributed by atoms with Crippen molar-refractivity contribution in [1.82, 2.24) is 14.5 Å². The molecule has 2 rings (SSSR count). The van der Waals surface area contributed by atoms with Crippen LogP contribution in [-0.4, -0.2) is 27.6 Å². The predicted octanol–water partition coefficient (Wildman–Crippen LogP) is 1.45. The lowest BCUT2D eigenvalue weighted by atomic mass is 10.0. The Labute approximate surface area is 100 Å². The molecule has 90 valence electrons. The zero-order valence-electron chi connectivity index (χ0n) is 9.65. The van der Waals surface area contributed by atoms with E-state index in [1.807, 2.05) is 0 Å². The summed E-state index contributed by atoms with van der Waals surface area (Å²) in [6.07, 6.45) is 3.90. The lowest BCUT2D eigenvalue weighted by molar-refractivity contribution is 0.271. The minimum absolute atomic E-state index is 0.852. The molecule has 0 saturated carbocycles. The molecule has 1 aliphatic heterocycles. The largest absolute Gasteiger partial charge is 0.313 e. The van der Waals surface area contributed by atoms with E-state index in [9.17, 15) is 0 Å². The van der Waals surface area contributed by atoms with E-state index >= 15 is 0 Å². The van der Waals surface area contributed by atoms with Gasteiger partial charge in [-0.25, -0.2) is 5.84 Å². The van der Waals surface area contributed by atoms with E-state index in [0.29, 0.717) is 0 Å². The van der Waals surface area contributed by atoms with E-state index in [0.717, 1.165) is 36.2 Å². The van der Waals surface area contributed by atoms with Gasteiger partial charge in [-0.3, -0.25) is 4.90 Å². The third-order valence-corrected chi connectivity index (χ3v) is 3.87. The molecule has 1 aliphatic rings. The number of nitrogen functional groups attached to an aromatic ring is 1. The summed E-state index contributed by atoms with van der Waals surface area (Å²) in [5.74, 6) is 6.27. The first kappa shape index (κ1) is 11.8. The highest BCUT2D eigenvalue weighted by Gasteiger charge is 2.16. The maximum Gasteiger partial charge on any atom is 0.148 e. The van der Waals surface area contributed by atoms with E-state index in [1.165, 1.54) is 30.8 Å². The van der Waals surface area contributed by atoms with Crippen molar-refractivity contribution in [3.63, 3.8) is 0 Å². The normalized spacial score (nSPS) is 23.0. The number of rotatable bonds is 3. The molecule has 3 N–H and O–H groups in total. The highest BCUT2D eigenvalue weighted by Crippen LogP contribution is 2.21. The number of hydrazine groups is 1. The number of nitrogens with two attached hydrogens (primary N) is 1. The van der Waals surface area contributed by atoms with Crippen molar-refractivity contribution < 1.29 is 0 Å².